The molecule has 1 saturated heterocycles. The molecule has 1 heterocycles. The number of carbonyl (C=O) groups excluding carboxylic acids is 1. The second-order valence-electron chi connectivity index (χ2n) is 3.36. The Bertz CT molecular complexity index is 182. The van der Waals surface area contributed by atoms with E-state index in [4.69, 9.17) is 4.74 Å². The van der Waals surface area contributed by atoms with Crippen molar-refractivity contribution in [3.8, 4) is 0 Å². The summed E-state index contributed by atoms with van der Waals surface area (Å²) in [7, 11) is 1.43. The van der Waals surface area contributed by atoms with Crippen molar-refractivity contribution < 1.29 is 9.53 Å². The molecule has 70 valence electrons. The molecule has 0 aromatic rings. The lowest BCUT2D eigenvalue weighted by atomic mass is 10.0. The van der Waals surface area contributed by atoms with Gasteiger partial charge in [0.15, 0.2) is 0 Å². The van der Waals surface area contributed by atoms with Gasteiger partial charge in [-0.05, 0) is 13.8 Å². The third-order valence-electron chi connectivity index (χ3n) is 2.06. The van der Waals surface area contributed by atoms with Crippen molar-refractivity contribution >= 4 is 17.7 Å². The van der Waals surface area contributed by atoms with Gasteiger partial charge in [-0.1, -0.05) is 0 Å². The Morgan fingerprint density at radius 1 is 1.67 bits per heavy atom. The zero-order valence-electron chi connectivity index (χ0n) is 7.72. The highest BCUT2D eigenvalue weighted by Crippen LogP contribution is 2.31. The summed E-state index contributed by atoms with van der Waals surface area (Å²) in [5, 5.41) is 3.16. The first-order chi connectivity index (χ1) is 5.58. The van der Waals surface area contributed by atoms with Crippen LogP contribution in [0.2, 0.25) is 0 Å². The molecule has 1 aliphatic heterocycles. The zero-order valence-corrected chi connectivity index (χ0v) is 8.53. The number of rotatable bonds is 1. The Morgan fingerprint density at radius 3 is 2.83 bits per heavy atom. The number of hydrogen-bond donors (Lipinski definition) is 1. The minimum atomic E-state index is -0.166. The molecule has 0 radical (unpaired) electrons. The number of esters is 1. The van der Waals surface area contributed by atoms with Crippen LogP contribution < -0.4 is 5.32 Å². The molecule has 0 aromatic heterocycles. The molecular weight excluding hydrogens is 174 g/mol. The van der Waals surface area contributed by atoms with Crippen molar-refractivity contribution in [1.82, 2.24) is 5.32 Å². The normalized spacial score (nSPS) is 28.1. The lowest BCUT2D eigenvalue weighted by molar-refractivity contribution is -0.143. The van der Waals surface area contributed by atoms with E-state index in [0.717, 1.165) is 12.3 Å². The predicted octanol–water partition coefficient (Wildman–Crippen LogP) is 0.643. The molecular formula is C8H15NO2S. The van der Waals surface area contributed by atoms with E-state index in [1.807, 2.05) is 11.8 Å². The van der Waals surface area contributed by atoms with Gasteiger partial charge < -0.3 is 10.1 Å². The largest absolute Gasteiger partial charge is 0.468 e. The second-order valence-corrected chi connectivity index (χ2v) is 5.11. The Labute approximate surface area is 77.2 Å². The number of hydrogen-bond acceptors (Lipinski definition) is 4. The van der Waals surface area contributed by atoms with Crippen molar-refractivity contribution in [2.24, 2.45) is 0 Å². The van der Waals surface area contributed by atoms with E-state index in [1.165, 1.54) is 7.11 Å². The molecule has 0 spiro atoms. The van der Waals surface area contributed by atoms with E-state index in [0.29, 0.717) is 0 Å². The lowest BCUT2D eigenvalue weighted by Crippen LogP contribution is -2.54. The number of methoxy groups -OCH3 is 1. The van der Waals surface area contributed by atoms with Gasteiger partial charge in [0.05, 0.1) is 7.11 Å². The van der Waals surface area contributed by atoms with E-state index >= 15 is 0 Å². The van der Waals surface area contributed by atoms with Crippen LogP contribution in [0.15, 0.2) is 0 Å². The Kier molecular flexibility index (Phi) is 3.01. The molecule has 1 fully saturated rings. The molecule has 1 atom stereocenters. The van der Waals surface area contributed by atoms with Crippen molar-refractivity contribution in [2.75, 3.05) is 19.4 Å². The fourth-order valence-electron chi connectivity index (χ4n) is 1.33. The first kappa shape index (κ1) is 9.86. The molecule has 0 saturated carbocycles. The Hall–Kier alpha value is -0.220. The average Bonchev–Trinajstić information content (AvgIpc) is 2.02. The Morgan fingerprint density at radius 2 is 2.33 bits per heavy atom. The highest BCUT2D eigenvalue weighted by Gasteiger charge is 2.38. The SMILES string of the molecule is COC(=O)[C@@H]1NCCSC1(C)C. The van der Waals surface area contributed by atoms with Gasteiger partial charge in [0.1, 0.15) is 6.04 Å². The summed E-state index contributed by atoms with van der Waals surface area (Å²) in [5.41, 5.74) is 0. The van der Waals surface area contributed by atoms with E-state index in [9.17, 15) is 4.79 Å². The highest BCUT2D eigenvalue weighted by molar-refractivity contribution is 8.00. The van der Waals surface area contributed by atoms with Gasteiger partial charge in [-0.3, -0.25) is 4.79 Å². The highest BCUT2D eigenvalue weighted by atomic mass is 32.2. The van der Waals surface area contributed by atoms with Gasteiger partial charge in [-0.2, -0.15) is 11.8 Å². The monoisotopic (exact) mass is 189 g/mol. The van der Waals surface area contributed by atoms with Crippen molar-refractivity contribution in [2.45, 2.75) is 24.6 Å². The minimum Gasteiger partial charge on any atom is -0.468 e. The number of nitrogens with one attached hydrogen (secondary N) is 1. The van der Waals surface area contributed by atoms with E-state index < -0.39 is 0 Å². The maximum atomic E-state index is 11.3. The second kappa shape index (κ2) is 3.66. The summed E-state index contributed by atoms with van der Waals surface area (Å²) >= 11 is 1.81. The molecule has 3 nitrogen and oxygen atoms in total. The fourth-order valence-corrected chi connectivity index (χ4v) is 2.42. The topological polar surface area (TPSA) is 38.3 Å². The third kappa shape index (κ3) is 1.93. The van der Waals surface area contributed by atoms with Crippen LogP contribution in [-0.2, 0) is 9.53 Å². The lowest BCUT2D eigenvalue weighted by Gasteiger charge is -2.36. The maximum Gasteiger partial charge on any atom is 0.324 e. The summed E-state index contributed by atoms with van der Waals surface area (Å²) in [6.45, 7) is 5.00. The van der Waals surface area contributed by atoms with Gasteiger partial charge in [-0.25, -0.2) is 0 Å². The molecule has 12 heavy (non-hydrogen) atoms. The third-order valence-corrected chi connectivity index (χ3v) is 3.44. The van der Waals surface area contributed by atoms with Crippen LogP contribution in [0.4, 0.5) is 0 Å². The zero-order chi connectivity index (χ0) is 9.19. The van der Waals surface area contributed by atoms with Crippen molar-refractivity contribution in [3.63, 3.8) is 0 Å². The van der Waals surface area contributed by atoms with Crippen LogP contribution >= 0.6 is 11.8 Å². The molecule has 0 unspecified atom stereocenters. The molecule has 0 bridgehead atoms. The molecule has 1 rings (SSSR count). The first-order valence-electron chi connectivity index (χ1n) is 4.03. The van der Waals surface area contributed by atoms with Crippen molar-refractivity contribution in [1.29, 1.82) is 0 Å². The Balaban J connectivity index is 2.66. The van der Waals surface area contributed by atoms with Crippen LogP contribution in [-0.4, -0.2) is 36.2 Å². The van der Waals surface area contributed by atoms with Crippen LogP contribution in [0.25, 0.3) is 0 Å². The standard InChI is InChI=1S/C8H15NO2S/c1-8(2)6(7(10)11-3)9-4-5-12-8/h6,9H,4-5H2,1-3H3/t6-/m0/s1. The van der Waals surface area contributed by atoms with Crippen LogP contribution in [0.5, 0.6) is 0 Å². The fraction of sp³-hybridized carbons (Fsp3) is 0.875. The summed E-state index contributed by atoms with van der Waals surface area (Å²) in [4.78, 5) is 11.3. The van der Waals surface area contributed by atoms with Gasteiger partial charge in [0.2, 0.25) is 0 Å². The predicted molar refractivity (Wildman–Crippen MR) is 50.3 cm³/mol. The smallest absolute Gasteiger partial charge is 0.324 e. The van der Waals surface area contributed by atoms with E-state index in [1.54, 1.807) is 0 Å². The van der Waals surface area contributed by atoms with E-state index in [2.05, 4.69) is 19.2 Å². The molecule has 0 amide bonds. The molecule has 4 heteroatoms. The van der Waals surface area contributed by atoms with Crippen LogP contribution in [0, 0.1) is 0 Å². The van der Waals surface area contributed by atoms with Gasteiger partial charge in [-0.15, -0.1) is 0 Å². The first-order valence-corrected chi connectivity index (χ1v) is 5.01. The maximum absolute atomic E-state index is 11.3. The summed E-state index contributed by atoms with van der Waals surface area (Å²) in [5.74, 6) is 0.896. The minimum absolute atomic E-state index is 0.0503. The number of thioether (sulfide) groups is 1. The summed E-state index contributed by atoms with van der Waals surface area (Å²) < 4.78 is 4.66. The number of carbonyl (C=O) groups is 1. The van der Waals surface area contributed by atoms with Gasteiger partial charge in [0, 0.05) is 17.0 Å². The van der Waals surface area contributed by atoms with E-state index in [-0.39, 0.29) is 16.8 Å². The number of ether oxygens (including phenoxy) is 1. The van der Waals surface area contributed by atoms with Crippen LogP contribution in [0.3, 0.4) is 0 Å². The molecule has 1 aliphatic rings. The average molecular weight is 189 g/mol. The van der Waals surface area contributed by atoms with Crippen LogP contribution in [0.1, 0.15) is 13.8 Å². The van der Waals surface area contributed by atoms with Gasteiger partial charge in [0.25, 0.3) is 0 Å². The molecule has 0 aliphatic carbocycles. The van der Waals surface area contributed by atoms with Crippen molar-refractivity contribution in [3.05, 3.63) is 0 Å². The summed E-state index contributed by atoms with van der Waals surface area (Å²) in [6, 6.07) is -0.166. The quantitative estimate of drug-likeness (QED) is 0.614. The molecule has 1 N–H and O–H groups in total. The molecule has 0 aromatic carbocycles. The summed E-state index contributed by atoms with van der Waals surface area (Å²) in [6.07, 6.45) is 0. The van der Waals surface area contributed by atoms with Gasteiger partial charge >= 0.3 is 5.97 Å².